The molecule has 160 valence electrons. The molecule has 1 aromatic heterocycles. The van der Waals surface area contributed by atoms with Crippen LogP contribution in [0.15, 0.2) is 42.6 Å². The fourth-order valence-electron chi connectivity index (χ4n) is 2.87. The fraction of sp³-hybridized carbons (Fsp3) is 0.286. The lowest BCUT2D eigenvalue weighted by atomic mass is 10.1. The Balaban J connectivity index is 1.66. The van der Waals surface area contributed by atoms with E-state index in [4.69, 9.17) is 14.2 Å². The van der Waals surface area contributed by atoms with E-state index >= 15 is 0 Å². The summed E-state index contributed by atoms with van der Waals surface area (Å²) in [7, 11) is 4.67. The van der Waals surface area contributed by atoms with Gasteiger partial charge in [0.1, 0.15) is 5.01 Å². The number of ether oxygens (including phenoxy) is 3. The molecule has 30 heavy (non-hydrogen) atoms. The number of hydrogen-bond acceptors (Lipinski definition) is 6. The number of methoxy groups -OCH3 is 3. The van der Waals surface area contributed by atoms with Crippen LogP contribution < -0.4 is 19.5 Å². The third-order valence-electron chi connectivity index (χ3n) is 4.39. The molecule has 0 unspecified atom stereocenters. The summed E-state index contributed by atoms with van der Waals surface area (Å²) in [6.07, 6.45) is -2.56. The Labute approximate surface area is 176 Å². The summed E-state index contributed by atoms with van der Waals surface area (Å²) in [5.74, 6) is 1.64. The van der Waals surface area contributed by atoms with E-state index in [0.29, 0.717) is 30.3 Å². The topological polar surface area (TPSA) is 52.6 Å². The summed E-state index contributed by atoms with van der Waals surface area (Å²) < 4.78 is 54.0. The summed E-state index contributed by atoms with van der Waals surface area (Å²) >= 11 is 1.50. The molecule has 0 amide bonds. The van der Waals surface area contributed by atoms with E-state index in [1.165, 1.54) is 23.5 Å². The number of halogens is 3. The minimum Gasteiger partial charge on any atom is -0.493 e. The van der Waals surface area contributed by atoms with Gasteiger partial charge in [-0.05, 0) is 29.8 Å². The van der Waals surface area contributed by atoms with Gasteiger partial charge in [0, 0.05) is 24.8 Å². The van der Waals surface area contributed by atoms with Gasteiger partial charge >= 0.3 is 6.18 Å². The third kappa shape index (κ3) is 5.03. The number of alkyl halides is 3. The second-order valence-electron chi connectivity index (χ2n) is 6.33. The summed E-state index contributed by atoms with van der Waals surface area (Å²) in [6, 6.07) is 8.83. The summed E-state index contributed by atoms with van der Waals surface area (Å²) in [5.41, 5.74) is 1.00. The molecule has 0 spiro atoms. The van der Waals surface area contributed by atoms with E-state index in [9.17, 15) is 13.2 Å². The van der Waals surface area contributed by atoms with Gasteiger partial charge in [-0.25, -0.2) is 4.98 Å². The second-order valence-corrected chi connectivity index (χ2v) is 7.45. The van der Waals surface area contributed by atoms with Crippen LogP contribution in [0.4, 0.5) is 13.2 Å². The number of aromatic nitrogens is 1. The minimum absolute atomic E-state index is 0.442. The van der Waals surface area contributed by atoms with Crippen molar-refractivity contribution in [2.75, 3.05) is 21.3 Å². The number of thiazole rings is 1. The summed E-state index contributed by atoms with van der Waals surface area (Å²) in [4.78, 5) is 5.35. The molecule has 1 N–H and O–H groups in total. The van der Waals surface area contributed by atoms with Crippen LogP contribution in [-0.2, 0) is 19.3 Å². The lowest BCUT2D eigenvalue weighted by molar-refractivity contribution is -0.137. The zero-order valence-corrected chi connectivity index (χ0v) is 17.5. The number of benzene rings is 2. The zero-order valence-electron chi connectivity index (χ0n) is 16.7. The normalized spacial score (nSPS) is 11.4. The van der Waals surface area contributed by atoms with Crippen LogP contribution in [0.1, 0.15) is 16.1 Å². The zero-order chi connectivity index (χ0) is 21.7. The molecule has 0 saturated carbocycles. The highest BCUT2D eigenvalue weighted by atomic mass is 32.1. The Bertz CT molecular complexity index is 963. The molecular formula is C21H21F3N2O3S. The lowest BCUT2D eigenvalue weighted by Crippen LogP contribution is -2.12. The highest BCUT2D eigenvalue weighted by Crippen LogP contribution is 2.42. The molecule has 0 bridgehead atoms. The highest BCUT2D eigenvalue weighted by molar-refractivity contribution is 7.15. The first-order valence-corrected chi connectivity index (χ1v) is 9.79. The van der Waals surface area contributed by atoms with Crippen LogP contribution in [0.5, 0.6) is 17.2 Å². The average molecular weight is 438 g/mol. The number of nitrogens with zero attached hydrogens (tertiary/aromatic N) is 1. The van der Waals surface area contributed by atoms with E-state index in [2.05, 4.69) is 10.3 Å². The van der Waals surface area contributed by atoms with Gasteiger partial charge in [0.15, 0.2) is 11.5 Å². The molecule has 0 atom stereocenters. The first-order chi connectivity index (χ1) is 14.4. The van der Waals surface area contributed by atoms with Crippen LogP contribution in [-0.4, -0.2) is 26.3 Å². The van der Waals surface area contributed by atoms with E-state index in [1.54, 1.807) is 27.5 Å². The molecule has 1 heterocycles. The maximum atomic E-state index is 12.6. The maximum Gasteiger partial charge on any atom is 0.416 e. The van der Waals surface area contributed by atoms with Crippen molar-refractivity contribution in [3.63, 3.8) is 0 Å². The largest absolute Gasteiger partial charge is 0.493 e. The van der Waals surface area contributed by atoms with Gasteiger partial charge in [-0.1, -0.05) is 12.1 Å². The van der Waals surface area contributed by atoms with Crippen LogP contribution in [0, 0.1) is 0 Å². The van der Waals surface area contributed by atoms with Crippen molar-refractivity contribution in [3.8, 4) is 27.7 Å². The van der Waals surface area contributed by atoms with Crippen LogP contribution in [0.2, 0.25) is 0 Å². The Morgan fingerprint density at radius 3 is 2.10 bits per heavy atom. The van der Waals surface area contributed by atoms with Crippen molar-refractivity contribution in [1.82, 2.24) is 10.3 Å². The molecule has 9 heteroatoms. The Hall–Kier alpha value is -2.78. The molecule has 0 aliphatic rings. The Kier molecular flexibility index (Phi) is 6.84. The van der Waals surface area contributed by atoms with Crippen molar-refractivity contribution in [1.29, 1.82) is 0 Å². The molecule has 3 aromatic rings. The fourth-order valence-corrected chi connectivity index (χ4v) is 3.75. The number of hydrogen-bond donors (Lipinski definition) is 1. The van der Waals surface area contributed by atoms with E-state index < -0.39 is 11.7 Å². The molecule has 2 aromatic carbocycles. The SMILES string of the molecule is COc1cc(-c2cnc(CNCc3ccc(C(F)(F)F)cc3)s2)cc(OC)c1OC. The highest BCUT2D eigenvalue weighted by Gasteiger charge is 2.29. The minimum atomic E-state index is -4.32. The van der Waals surface area contributed by atoms with Gasteiger partial charge in [-0.2, -0.15) is 13.2 Å². The van der Waals surface area contributed by atoms with Crippen molar-refractivity contribution >= 4 is 11.3 Å². The molecular weight excluding hydrogens is 417 g/mol. The summed E-state index contributed by atoms with van der Waals surface area (Å²) in [5, 5.41) is 4.05. The average Bonchev–Trinajstić information content (AvgIpc) is 3.21. The maximum absolute atomic E-state index is 12.6. The van der Waals surface area contributed by atoms with Gasteiger partial charge in [0.05, 0.1) is 31.8 Å². The number of rotatable bonds is 8. The van der Waals surface area contributed by atoms with Crippen LogP contribution in [0.3, 0.4) is 0 Å². The predicted molar refractivity (Wildman–Crippen MR) is 109 cm³/mol. The van der Waals surface area contributed by atoms with Crippen molar-refractivity contribution < 1.29 is 27.4 Å². The Morgan fingerprint density at radius 1 is 0.933 bits per heavy atom. The molecule has 5 nitrogen and oxygen atoms in total. The standard InChI is InChI=1S/C21H21F3N2O3S/c1-27-16-8-14(9-17(28-2)20(16)29-3)18-11-26-19(30-18)12-25-10-13-4-6-15(7-5-13)21(22,23)24/h4-9,11,25H,10,12H2,1-3H3. The van der Waals surface area contributed by atoms with Gasteiger partial charge in [0.25, 0.3) is 0 Å². The summed E-state index contributed by atoms with van der Waals surface area (Å²) in [6.45, 7) is 0.938. The molecule has 0 aliphatic heterocycles. The Morgan fingerprint density at radius 2 is 1.57 bits per heavy atom. The van der Waals surface area contributed by atoms with Crippen molar-refractivity contribution in [2.45, 2.75) is 19.3 Å². The quantitative estimate of drug-likeness (QED) is 0.528. The molecule has 0 aliphatic carbocycles. The van der Waals surface area contributed by atoms with Crippen molar-refractivity contribution in [3.05, 3.63) is 58.7 Å². The monoisotopic (exact) mass is 438 g/mol. The van der Waals surface area contributed by atoms with Crippen LogP contribution >= 0.6 is 11.3 Å². The molecule has 3 rings (SSSR count). The molecule has 0 saturated heterocycles. The first-order valence-electron chi connectivity index (χ1n) is 8.97. The van der Waals surface area contributed by atoms with Gasteiger partial charge < -0.3 is 19.5 Å². The van der Waals surface area contributed by atoms with Gasteiger partial charge in [0.2, 0.25) is 5.75 Å². The lowest BCUT2D eigenvalue weighted by Gasteiger charge is -2.13. The van der Waals surface area contributed by atoms with E-state index in [-0.39, 0.29) is 0 Å². The van der Waals surface area contributed by atoms with E-state index in [0.717, 1.165) is 33.1 Å². The van der Waals surface area contributed by atoms with Crippen LogP contribution in [0.25, 0.3) is 10.4 Å². The smallest absolute Gasteiger partial charge is 0.416 e. The molecule has 0 fully saturated rings. The van der Waals surface area contributed by atoms with Gasteiger partial charge in [-0.15, -0.1) is 11.3 Å². The second kappa shape index (κ2) is 9.36. The van der Waals surface area contributed by atoms with E-state index in [1.807, 2.05) is 12.1 Å². The van der Waals surface area contributed by atoms with Gasteiger partial charge in [-0.3, -0.25) is 0 Å². The number of nitrogens with one attached hydrogen (secondary N) is 1. The predicted octanol–water partition coefficient (Wildman–Crippen LogP) is 5.14. The first kappa shape index (κ1) is 21.9. The third-order valence-corrected chi connectivity index (χ3v) is 5.44. The van der Waals surface area contributed by atoms with Crippen molar-refractivity contribution in [2.24, 2.45) is 0 Å². The molecule has 0 radical (unpaired) electrons.